The van der Waals surface area contributed by atoms with E-state index in [2.05, 4.69) is 15.9 Å². The molecule has 0 saturated carbocycles. The summed E-state index contributed by atoms with van der Waals surface area (Å²) < 4.78 is 21.6. The fourth-order valence-electron chi connectivity index (χ4n) is 3.06. The Balaban J connectivity index is 2.03. The molecular weight excluding hydrogens is 464 g/mol. The number of carbonyl (C=O) groups is 2. The van der Waals surface area contributed by atoms with Crippen molar-refractivity contribution in [2.24, 2.45) is 0 Å². The Hall–Kier alpha value is -3.32. The van der Waals surface area contributed by atoms with Crippen LogP contribution in [0.3, 0.4) is 0 Å². The van der Waals surface area contributed by atoms with Gasteiger partial charge in [-0.25, -0.2) is 0 Å². The van der Waals surface area contributed by atoms with Crippen molar-refractivity contribution >= 4 is 27.5 Å². The van der Waals surface area contributed by atoms with Gasteiger partial charge in [0.05, 0.1) is 28.4 Å². The summed E-state index contributed by atoms with van der Waals surface area (Å²) in [6.07, 6.45) is 0. The van der Waals surface area contributed by atoms with Crippen molar-refractivity contribution in [3.05, 3.63) is 81.3 Å². The molecule has 0 bridgehead atoms. The van der Waals surface area contributed by atoms with Gasteiger partial charge in [0, 0.05) is 38.9 Å². The highest BCUT2D eigenvalue weighted by molar-refractivity contribution is 9.10. The third-order valence-corrected chi connectivity index (χ3v) is 5.11. The van der Waals surface area contributed by atoms with Gasteiger partial charge in [-0.2, -0.15) is 0 Å². The summed E-state index contributed by atoms with van der Waals surface area (Å²) in [7, 11) is 6.06. The number of halogens is 1. The van der Waals surface area contributed by atoms with Gasteiger partial charge in [0.1, 0.15) is 23.0 Å². The maximum absolute atomic E-state index is 13.2. The second-order valence-corrected chi connectivity index (χ2v) is 7.51. The SMILES string of the molecule is COc1cc(OC)cc(C(=O)c2cc(Br)cc(C(=O)c3cc(OC)cc(OC)c3)c2)c1. The summed E-state index contributed by atoms with van der Waals surface area (Å²) >= 11 is 3.40. The number of hydrogen-bond acceptors (Lipinski definition) is 6. The van der Waals surface area contributed by atoms with Crippen molar-refractivity contribution in [2.75, 3.05) is 28.4 Å². The predicted molar refractivity (Wildman–Crippen MR) is 120 cm³/mol. The van der Waals surface area contributed by atoms with Crippen LogP contribution in [0.15, 0.2) is 59.1 Å². The van der Waals surface area contributed by atoms with Crippen LogP contribution in [0, 0.1) is 0 Å². The van der Waals surface area contributed by atoms with Crippen molar-refractivity contribution < 1.29 is 28.5 Å². The van der Waals surface area contributed by atoms with Gasteiger partial charge < -0.3 is 18.9 Å². The monoisotopic (exact) mass is 484 g/mol. The van der Waals surface area contributed by atoms with Crippen LogP contribution < -0.4 is 18.9 Å². The maximum atomic E-state index is 13.2. The van der Waals surface area contributed by atoms with Crippen LogP contribution in [0.1, 0.15) is 31.8 Å². The highest BCUT2D eigenvalue weighted by atomic mass is 79.9. The summed E-state index contributed by atoms with van der Waals surface area (Å²) in [6.45, 7) is 0. The Kier molecular flexibility index (Phi) is 6.97. The van der Waals surface area contributed by atoms with Crippen molar-refractivity contribution in [3.8, 4) is 23.0 Å². The molecule has 7 heteroatoms. The van der Waals surface area contributed by atoms with Crippen LogP contribution in [0.2, 0.25) is 0 Å². The van der Waals surface area contributed by atoms with Crippen molar-refractivity contribution in [3.63, 3.8) is 0 Å². The molecular formula is C24H21BrO6. The second-order valence-electron chi connectivity index (χ2n) is 6.59. The molecule has 0 heterocycles. The fourth-order valence-corrected chi connectivity index (χ4v) is 3.56. The molecule has 160 valence electrons. The molecule has 3 rings (SSSR count). The zero-order valence-electron chi connectivity index (χ0n) is 17.5. The number of benzene rings is 3. The van der Waals surface area contributed by atoms with Gasteiger partial charge in [-0.1, -0.05) is 15.9 Å². The topological polar surface area (TPSA) is 71.1 Å². The minimum Gasteiger partial charge on any atom is -0.497 e. The molecule has 3 aromatic rings. The Morgan fingerprint density at radius 1 is 0.516 bits per heavy atom. The average Bonchev–Trinajstić information content (AvgIpc) is 2.81. The molecule has 0 amide bonds. The van der Waals surface area contributed by atoms with Crippen LogP contribution in [-0.4, -0.2) is 40.0 Å². The lowest BCUT2D eigenvalue weighted by molar-refractivity contribution is 0.103. The summed E-state index contributed by atoms with van der Waals surface area (Å²) in [4.78, 5) is 26.3. The number of ketones is 2. The minimum atomic E-state index is -0.268. The van der Waals surface area contributed by atoms with Crippen LogP contribution in [0.5, 0.6) is 23.0 Å². The fraction of sp³-hybridized carbons (Fsp3) is 0.167. The standard InChI is InChI=1S/C24H21BrO6/c1-28-19-8-16(9-20(12-19)29-2)23(26)14-5-15(7-18(25)6-14)24(27)17-10-21(30-3)13-22(11-17)31-4/h5-13H,1-4H3. The van der Waals surface area contributed by atoms with Crippen molar-refractivity contribution in [1.82, 2.24) is 0 Å². The first-order valence-corrected chi connectivity index (χ1v) is 10.0. The van der Waals surface area contributed by atoms with Crippen LogP contribution in [0.4, 0.5) is 0 Å². The molecule has 0 aromatic heterocycles. The van der Waals surface area contributed by atoms with E-state index >= 15 is 0 Å². The summed E-state index contributed by atoms with van der Waals surface area (Å²) in [6, 6.07) is 14.8. The largest absolute Gasteiger partial charge is 0.497 e. The lowest BCUT2D eigenvalue weighted by Gasteiger charge is -2.11. The maximum Gasteiger partial charge on any atom is 0.193 e. The minimum absolute atomic E-state index is 0.268. The van der Waals surface area contributed by atoms with Gasteiger partial charge in [0.25, 0.3) is 0 Å². The van der Waals surface area contributed by atoms with Gasteiger partial charge in [-0.15, -0.1) is 0 Å². The zero-order chi connectivity index (χ0) is 22.5. The van der Waals surface area contributed by atoms with E-state index in [1.807, 2.05) is 0 Å². The number of hydrogen-bond donors (Lipinski definition) is 0. The van der Waals surface area contributed by atoms with E-state index in [0.717, 1.165) is 0 Å². The molecule has 0 aliphatic rings. The number of methoxy groups -OCH3 is 4. The first-order valence-electron chi connectivity index (χ1n) is 9.24. The summed E-state index contributed by atoms with van der Waals surface area (Å²) in [5, 5.41) is 0. The molecule has 3 aromatic carbocycles. The van der Waals surface area contributed by atoms with E-state index in [1.165, 1.54) is 28.4 Å². The second kappa shape index (κ2) is 9.66. The van der Waals surface area contributed by atoms with Gasteiger partial charge in [-0.3, -0.25) is 9.59 Å². The highest BCUT2D eigenvalue weighted by Crippen LogP contribution is 2.28. The highest BCUT2D eigenvalue weighted by Gasteiger charge is 2.18. The van der Waals surface area contributed by atoms with E-state index in [9.17, 15) is 9.59 Å². The third kappa shape index (κ3) is 5.06. The van der Waals surface area contributed by atoms with Crippen molar-refractivity contribution in [1.29, 1.82) is 0 Å². The first kappa shape index (κ1) is 22.4. The Bertz CT molecular complexity index is 1010. The molecule has 0 atom stereocenters. The van der Waals surface area contributed by atoms with E-state index in [-0.39, 0.29) is 11.6 Å². The molecule has 0 spiro atoms. The molecule has 0 aliphatic carbocycles. The Labute approximate surface area is 188 Å². The number of rotatable bonds is 8. The van der Waals surface area contributed by atoms with Crippen LogP contribution >= 0.6 is 15.9 Å². The van der Waals surface area contributed by atoms with Gasteiger partial charge >= 0.3 is 0 Å². The quantitative estimate of drug-likeness (QED) is 0.421. The molecule has 0 saturated heterocycles. The zero-order valence-corrected chi connectivity index (χ0v) is 19.1. The van der Waals surface area contributed by atoms with E-state index in [4.69, 9.17) is 18.9 Å². The average molecular weight is 485 g/mol. The molecule has 0 unspecified atom stereocenters. The predicted octanol–water partition coefficient (Wildman–Crippen LogP) is 4.95. The number of ether oxygens (including phenoxy) is 4. The Morgan fingerprint density at radius 2 is 0.806 bits per heavy atom. The van der Waals surface area contributed by atoms with Gasteiger partial charge in [-0.05, 0) is 42.5 Å². The van der Waals surface area contributed by atoms with Crippen LogP contribution in [-0.2, 0) is 0 Å². The first-order chi connectivity index (χ1) is 14.9. The molecule has 6 nitrogen and oxygen atoms in total. The molecule has 0 aliphatic heterocycles. The lowest BCUT2D eigenvalue weighted by atomic mass is 9.97. The Morgan fingerprint density at radius 3 is 1.10 bits per heavy atom. The molecule has 31 heavy (non-hydrogen) atoms. The normalized spacial score (nSPS) is 10.4. The van der Waals surface area contributed by atoms with Gasteiger partial charge in [0.15, 0.2) is 11.6 Å². The third-order valence-electron chi connectivity index (χ3n) is 4.65. The van der Waals surface area contributed by atoms with E-state index in [0.29, 0.717) is 49.7 Å². The molecule has 0 fully saturated rings. The summed E-state index contributed by atoms with van der Waals surface area (Å²) in [5.41, 5.74) is 1.47. The van der Waals surface area contributed by atoms with E-state index < -0.39 is 0 Å². The van der Waals surface area contributed by atoms with Gasteiger partial charge in [0.2, 0.25) is 0 Å². The number of carbonyl (C=O) groups excluding carboxylic acids is 2. The molecule has 0 radical (unpaired) electrons. The van der Waals surface area contributed by atoms with E-state index in [1.54, 1.807) is 54.6 Å². The molecule has 0 N–H and O–H groups in total. The van der Waals surface area contributed by atoms with Crippen molar-refractivity contribution in [2.45, 2.75) is 0 Å². The smallest absolute Gasteiger partial charge is 0.193 e. The van der Waals surface area contributed by atoms with Crippen LogP contribution in [0.25, 0.3) is 0 Å². The summed E-state index contributed by atoms with van der Waals surface area (Å²) in [5.74, 6) is 1.46. The lowest BCUT2D eigenvalue weighted by Crippen LogP contribution is -2.07.